The molecule has 2 aromatic heterocycles. The fourth-order valence-electron chi connectivity index (χ4n) is 9.29. The smallest absolute Gasteiger partial charge is 0.410 e. The van der Waals surface area contributed by atoms with E-state index in [1.807, 2.05) is 44.1 Å². The zero-order chi connectivity index (χ0) is 42.7. The lowest BCUT2D eigenvalue weighted by atomic mass is 9.73. The highest BCUT2D eigenvalue weighted by molar-refractivity contribution is 6.00. The van der Waals surface area contributed by atoms with Gasteiger partial charge in [-0.15, -0.1) is 5.10 Å². The Hall–Kier alpha value is -3.90. The maximum absolute atomic E-state index is 14.7. The number of Topliss-reactive ketones (excluding diaryl/α,β-unsaturated/α-hetero) is 2. The number of pyridine rings is 1. The second-order valence-corrected chi connectivity index (χ2v) is 17.0. The highest BCUT2D eigenvalue weighted by atomic mass is 16.7. The Kier molecular flexibility index (Phi) is 14.5. The van der Waals surface area contributed by atoms with Crippen LogP contribution in [0.5, 0.6) is 0 Å². The number of cyclic esters (lactones) is 1. The van der Waals surface area contributed by atoms with Crippen LogP contribution in [0, 0.1) is 23.7 Å². The van der Waals surface area contributed by atoms with E-state index in [9.17, 15) is 24.3 Å². The number of hydrogen-bond donors (Lipinski definition) is 1. The number of amides is 1. The normalized spacial score (nSPS) is 36.7. The van der Waals surface area contributed by atoms with E-state index in [0.717, 1.165) is 0 Å². The van der Waals surface area contributed by atoms with Crippen molar-refractivity contribution in [1.82, 2.24) is 35.0 Å². The SMILES string of the molecule is CC[C@H]1OC(=O)[C@H](C)C(=O)[C@H](C)[C@@H](O[C@@H]2O[C@H](C)C[C@H](N(C)C)[C@H]2O)[C@@](C)(OC)C[C@@H](C)C(=O)[C@H](C)[C@H]2N(CCCCn3nnnc3-c3ccccn3)C(=O)O[C@]12C. The second kappa shape index (κ2) is 18.6. The van der Waals surface area contributed by atoms with Crippen LogP contribution in [0.2, 0.25) is 0 Å². The van der Waals surface area contributed by atoms with Gasteiger partial charge in [-0.2, -0.15) is 0 Å². The third-order valence-electron chi connectivity index (χ3n) is 12.6. The van der Waals surface area contributed by atoms with Crippen LogP contribution in [0.1, 0.15) is 87.5 Å². The number of unbranched alkanes of at least 4 members (excludes halogenated alkanes) is 1. The molecule has 5 rings (SSSR count). The Balaban J connectivity index is 1.45. The molecule has 5 heterocycles. The van der Waals surface area contributed by atoms with E-state index < -0.39 is 83.4 Å². The molecule has 1 amide bonds. The number of ether oxygens (including phenoxy) is 5. The molecule has 3 saturated heterocycles. The third kappa shape index (κ3) is 9.13. The van der Waals surface area contributed by atoms with E-state index in [0.29, 0.717) is 37.3 Å². The summed E-state index contributed by atoms with van der Waals surface area (Å²) in [5.74, 6) is -4.55. The van der Waals surface area contributed by atoms with Gasteiger partial charge < -0.3 is 38.6 Å². The van der Waals surface area contributed by atoms with Crippen LogP contribution in [0.4, 0.5) is 4.79 Å². The minimum Gasteiger partial charge on any atom is -0.458 e. The van der Waals surface area contributed by atoms with E-state index >= 15 is 0 Å². The van der Waals surface area contributed by atoms with Crippen LogP contribution in [-0.4, -0.2) is 145 Å². The average molecular weight is 814 g/mol. The standard InChI is InChI=1S/C41H63N7O10/c1-12-30-41(8)34(47(39(53)58-41)19-15-16-20-48-36(43-44-45-48)28-17-13-14-18-42-28)25(4)31(49)23(2)22-40(7,54-11)35(26(5)32(50)27(6)37(52)56-30)57-38-33(51)29(46(9)10)21-24(3)55-38/h13-14,17-18,23-27,29-30,33-35,38,51H,12,15-16,19-22H2,1-11H3/t23-,24-,25+,26+,27-,29+,30-,33-,34-,35-,38+,40+,41-/m1/s1. The summed E-state index contributed by atoms with van der Waals surface area (Å²) in [7, 11) is 5.22. The molecule has 0 radical (unpaired) electrons. The lowest BCUT2D eigenvalue weighted by Crippen LogP contribution is -2.60. The van der Waals surface area contributed by atoms with Crippen molar-refractivity contribution < 1.29 is 48.0 Å². The van der Waals surface area contributed by atoms with Gasteiger partial charge in [0.2, 0.25) is 5.82 Å². The Morgan fingerprint density at radius 3 is 2.34 bits per heavy atom. The van der Waals surface area contributed by atoms with Crippen molar-refractivity contribution in [2.45, 2.75) is 148 Å². The van der Waals surface area contributed by atoms with Crippen molar-refractivity contribution in [3.8, 4) is 11.5 Å². The molecule has 2 aromatic rings. The first kappa shape index (κ1) is 45.2. The van der Waals surface area contributed by atoms with Crippen LogP contribution in [0.15, 0.2) is 24.4 Å². The highest BCUT2D eigenvalue weighted by Crippen LogP contribution is 2.43. The van der Waals surface area contributed by atoms with Crippen LogP contribution < -0.4 is 0 Å². The number of esters is 1. The van der Waals surface area contributed by atoms with Gasteiger partial charge in [0, 0.05) is 50.2 Å². The summed E-state index contributed by atoms with van der Waals surface area (Å²) >= 11 is 0. The average Bonchev–Trinajstić information content (AvgIpc) is 3.77. The number of hydrogen-bond acceptors (Lipinski definition) is 15. The van der Waals surface area contributed by atoms with E-state index in [2.05, 4.69) is 20.5 Å². The highest BCUT2D eigenvalue weighted by Gasteiger charge is 2.60. The fourth-order valence-corrected chi connectivity index (χ4v) is 9.29. The maximum atomic E-state index is 14.7. The van der Waals surface area contributed by atoms with E-state index in [4.69, 9.17) is 23.7 Å². The number of carbonyl (C=O) groups is 4. The maximum Gasteiger partial charge on any atom is 0.410 e. The first-order valence-corrected chi connectivity index (χ1v) is 20.5. The summed E-state index contributed by atoms with van der Waals surface area (Å²) in [4.78, 5) is 64.7. The molecule has 58 heavy (non-hydrogen) atoms. The molecule has 3 aliphatic rings. The Morgan fingerprint density at radius 2 is 1.71 bits per heavy atom. The molecular formula is C41H63N7O10. The Bertz CT molecular complexity index is 1750. The van der Waals surface area contributed by atoms with Gasteiger partial charge in [0.1, 0.15) is 29.6 Å². The van der Waals surface area contributed by atoms with E-state index in [1.54, 1.807) is 57.3 Å². The number of fused-ring (bicyclic) bond motifs is 1. The van der Waals surface area contributed by atoms with Gasteiger partial charge in [-0.1, -0.05) is 33.8 Å². The molecule has 0 saturated carbocycles. The first-order chi connectivity index (χ1) is 27.4. The molecule has 1 N–H and O–H groups in total. The summed E-state index contributed by atoms with van der Waals surface area (Å²) in [5.41, 5.74) is -2.08. The fraction of sp³-hybridized carbons (Fsp3) is 0.756. The summed E-state index contributed by atoms with van der Waals surface area (Å²) in [5, 5.41) is 23.5. The molecule has 322 valence electrons. The third-order valence-corrected chi connectivity index (χ3v) is 12.6. The molecule has 17 heteroatoms. The van der Waals surface area contributed by atoms with Crippen LogP contribution >= 0.6 is 0 Å². The van der Waals surface area contributed by atoms with Crippen molar-refractivity contribution in [2.75, 3.05) is 27.7 Å². The zero-order valence-corrected chi connectivity index (χ0v) is 35.9. The minimum absolute atomic E-state index is 0.114. The minimum atomic E-state index is -1.43. The molecule has 0 aromatic carbocycles. The Morgan fingerprint density at radius 1 is 1.00 bits per heavy atom. The molecule has 0 aliphatic carbocycles. The van der Waals surface area contributed by atoms with E-state index in [1.165, 1.54) is 14.0 Å². The molecule has 0 bridgehead atoms. The van der Waals surface area contributed by atoms with Gasteiger partial charge in [0.05, 0.1) is 23.9 Å². The van der Waals surface area contributed by atoms with Crippen molar-refractivity contribution in [1.29, 1.82) is 0 Å². The molecule has 17 nitrogen and oxygen atoms in total. The number of tetrazole rings is 1. The summed E-state index contributed by atoms with van der Waals surface area (Å²) < 4.78 is 32.8. The van der Waals surface area contributed by atoms with Gasteiger partial charge in [-0.25, -0.2) is 9.48 Å². The number of carbonyl (C=O) groups excluding carboxylic acids is 4. The molecule has 3 aliphatic heterocycles. The lowest BCUT2D eigenvalue weighted by molar-refractivity contribution is -0.295. The number of methoxy groups -OCH3 is 1. The first-order valence-electron chi connectivity index (χ1n) is 20.5. The molecule has 0 unspecified atom stereocenters. The number of aryl methyl sites for hydroxylation is 1. The summed E-state index contributed by atoms with van der Waals surface area (Å²) in [6, 6.07) is 4.38. The molecule has 13 atom stereocenters. The topological polar surface area (TPSA) is 198 Å². The van der Waals surface area contributed by atoms with Crippen molar-refractivity contribution >= 4 is 23.6 Å². The second-order valence-electron chi connectivity index (χ2n) is 17.0. The van der Waals surface area contributed by atoms with Crippen molar-refractivity contribution in [3.63, 3.8) is 0 Å². The van der Waals surface area contributed by atoms with Crippen LogP contribution in [0.3, 0.4) is 0 Å². The monoisotopic (exact) mass is 813 g/mol. The number of aromatic nitrogens is 5. The predicted octanol–water partition coefficient (Wildman–Crippen LogP) is 3.72. The number of nitrogens with zero attached hydrogens (tertiary/aromatic N) is 7. The van der Waals surface area contributed by atoms with Gasteiger partial charge in [0.25, 0.3) is 0 Å². The van der Waals surface area contributed by atoms with Crippen LogP contribution in [-0.2, 0) is 44.6 Å². The zero-order valence-electron chi connectivity index (χ0n) is 35.9. The predicted molar refractivity (Wildman–Crippen MR) is 210 cm³/mol. The summed E-state index contributed by atoms with van der Waals surface area (Å²) in [6.45, 7) is 14.6. The number of ketones is 2. The van der Waals surface area contributed by atoms with Gasteiger partial charge in [0.15, 0.2) is 17.7 Å². The van der Waals surface area contributed by atoms with E-state index in [-0.39, 0.29) is 37.3 Å². The van der Waals surface area contributed by atoms with Gasteiger partial charge >= 0.3 is 12.1 Å². The molecule has 3 fully saturated rings. The van der Waals surface area contributed by atoms with Gasteiger partial charge in [-0.05, 0) is 96.5 Å². The quantitative estimate of drug-likeness (QED) is 0.196. The molecular weight excluding hydrogens is 750 g/mol. The number of aliphatic hydroxyl groups is 1. The molecule has 0 spiro atoms. The van der Waals surface area contributed by atoms with Crippen molar-refractivity contribution in [2.24, 2.45) is 23.7 Å². The lowest BCUT2D eigenvalue weighted by Gasteiger charge is -2.47. The van der Waals surface area contributed by atoms with Gasteiger partial charge in [-0.3, -0.25) is 19.4 Å². The van der Waals surface area contributed by atoms with Crippen LogP contribution in [0.25, 0.3) is 11.5 Å². The summed E-state index contributed by atoms with van der Waals surface area (Å²) in [6.07, 6.45) is -1.42. The number of aliphatic hydroxyl groups excluding tert-OH is 1. The Labute approximate surface area is 341 Å². The largest absolute Gasteiger partial charge is 0.458 e. The number of likely N-dealkylation sites (N-methyl/N-ethyl adjacent to an activating group) is 1. The van der Waals surface area contributed by atoms with Crippen molar-refractivity contribution in [3.05, 3.63) is 24.4 Å². The number of rotatable bonds is 11.